The van der Waals surface area contributed by atoms with Crippen LogP contribution in [-0.2, 0) is 19.1 Å². The third-order valence-corrected chi connectivity index (χ3v) is 9.56. The van der Waals surface area contributed by atoms with Crippen molar-refractivity contribution in [1.29, 1.82) is 0 Å². The van der Waals surface area contributed by atoms with Crippen LogP contribution >= 0.6 is 0 Å². The molecular formula is C36H43F2N3O5. The Labute approximate surface area is 268 Å². The number of ether oxygens (including phenoxy) is 2. The Morgan fingerprint density at radius 3 is 2.41 bits per heavy atom. The van der Waals surface area contributed by atoms with E-state index in [1.807, 2.05) is 55.5 Å². The van der Waals surface area contributed by atoms with Gasteiger partial charge in [-0.25, -0.2) is 18.6 Å². The molecule has 3 fully saturated rings. The lowest BCUT2D eigenvalue weighted by Gasteiger charge is -2.30. The average Bonchev–Trinajstić information content (AvgIpc) is 3.49. The highest BCUT2D eigenvalue weighted by Gasteiger charge is 2.65. The molecule has 2 aliphatic heterocycles. The molecule has 1 aromatic heterocycles. The topological polar surface area (TPSA) is 97.8 Å². The van der Waals surface area contributed by atoms with E-state index in [4.69, 9.17) is 14.5 Å². The second kappa shape index (κ2) is 12.1. The number of para-hydroxylation sites is 1. The van der Waals surface area contributed by atoms with Crippen molar-refractivity contribution < 1.29 is 32.6 Å². The van der Waals surface area contributed by atoms with Gasteiger partial charge in [-0.05, 0) is 57.6 Å². The Bertz CT molecular complexity index is 1660. The van der Waals surface area contributed by atoms with Crippen molar-refractivity contribution >= 4 is 39.5 Å². The number of amides is 2. The number of esters is 1. The normalized spacial score (nSPS) is 28.9. The van der Waals surface area contributed by atoms with Gasteiger partial charge in [0.15, 0.2) is 0 Å². The van der Waals surface area contributed by atoms with E-state index >= 15 is 8.78 Å². The van der Waals surface area contributed by atoms with Crippen LogP contribution in [-0.4, -0.2) is 63.4 Å². The molecule has 5 atom stereocenters. The summed E-state index contributed by atoms with van der Waals surface area (Å²) in [6, 6.07) is 14.7. The number of benzene rings is 2. The zero-order valence-electron chi connectivity index (χ0n) is 27.0. The number of aromatic nitrogens is 1. The summed E-state index contributed by atoms with van der Waals surface area (Å²) < 4.78 is 42.3. The zero-order chi connectivity index (χ0) is 32.9. The summed E-state index contributed by atoms with van der Waals surface area (Å²) in [5, 5.41) is 5.62. The summed E-state index contributed by atoms with van der Waals surface area (Å²) in [4.78, 5) is 47.8. The number of carbonyl (C=O) groups excluding carboxylic acids is 3. The van der Waals surface area contributed by atoms with E-state index in [0.29, 0.717) is 31.6 Å². The molecule has 246 valence electrons. The van der Waals surface area contributed by atoms with Gasteiger partial charge in [-0.2, -0.15) is 0 Å². The molecule has 1 aliphatic carbocycles. The van der Waals surface area contributed by atoms with Crippen molar-refractivity contribution in [3.05, 3.63) is 48.5 Å². The minimum absolute atomic E-state index is 0.0627. The van der Waals surface area contributed by atoms with Crippen molar-refractivity contribution in [2.75, 3.05) is 6.54 Å². The van der Waals surface area contributed by atoms with Gasteiger partial charge in [0.2, 0.25) is 23.6 Å². The van der Waals surface area contributed by atoms with Crippen molar-refractivity contribution in [3.8, 4) is 5.88 Å². The van der Waals surface area contributed by atoms with E-state index in [-0.39, 0.29) is 31.7 Å². The first-order chi connectivity index (χ1) is 21.8. The van der Waals surface area contributed by atoms with Crippen molar-refractivity contribution in [2.24, 2.45) is 11.8 Å². The number of rotatable bonds is 3. The number of hydrogen-bond donors (Lipinski definition) is 1. The van der Waals surface area contributed by atoms with Crippen LogP contribution in [0.1, 0.15) is 79.1 Å². The quantitative estimate of drug-likeness (QED) is 0.258. The van der Waals surface area contributed by atoms with Gasteiger partial charge in [0, 0.05) is 41.9 Å². The number of alkyl halides is 2. The summed E-state index contributed by atoms with van der Waals surface area (Å²) in [5.74, 6) is -5.21. The van der Waals surface area contributed by atoms with Crippen LogP contribution in [0.5, 0.6) is 5.88 Å². The number of fused-ring (bicyclic) bond motifs is 5. The number of nitrogens with one attached hydrogen (secondary N) is 1. The third-order valence-electron chi connectivity index (χ3n) is 9.56. The second-order valence-electron chi connectivity index (χ2n) is 14.4. The monoisotopic (exact) mass is 635 g/mol. The lowest BCUT2D eigenvalue weighted by atomic mass is 9.98. The van der Waals surface area contributed by atoms with E-state index in [1.165, 1.54) is 0 Å². The van der Waals surface area contributed by atoms with E-state index in [9.17, 15) is 14.4 Å². The van der Waals surface area contributed by atoms with Gasteiger partial charge in [0.1, 0.15) is 23.3 Å². The molecule has 10 heteroatoms. The van der Waals surface area contributed by atoms with E-state index in [2.05, 4.69) is 5.32 Å². The number of nitrogens with zero attached hydrogens (tertiary/aromatic N) is 2. The van der Waals surface area contributed by atoms with Crippen LogP contribution in [0.3, 0.4) is 0 Å². The largest absolute Gasteiger partial charge is 0.472 e. The first kappa shape index (κ1) is 32.1. The Morgan fingerprint density at radius 2 is 1.67 bits per heavy atom. The lowest BCUT2D eigenvalue weighted by molar-refractivity contribution is -0.161. The van der Waals surface area contributed by atoms with Crippen LogP contribution in [0.25, 0.3) is 21.7 Å². The van der Waals surface area contributed by atoms with Gasteiger partial charge in [-0.3, -0.25) is 9.59 Å². The SMILES string of the molecule is C[C@H]1CCCCCC(F)(F)C[C@@H]2C[C@@]2(C(=O)OC(C)(C)C)NC(=O)[C@@H]2C[C@@H](Oc3nc4ccccc4c4ccccc34)CN2C1=O. The molecule has 3 aromatic rings. The number of carbonyl (C=O) groups is 3. The van der Waals surface area contributed by atoms with Gasteiger partial charge in [0.25, 0.3) is 0 Å². The van der Waals surface area contributed by atoms with Gasteiger partial charge in [0.05, 0.1) is 12.1 Å². The fraction of sp³-hybridized carbons (Fsp3) is 0.556. The Morgan fingerprint density at radius 1 is 0.978 bits per heavy atom. The van der Waals surface area contributed by atoms with Crippen LogP contribution in [0.4, 0.5) is 8.78 Å². The number of halogens is 2. The molecule has 3 heterocycles. The van der Waals surface area contributed by atoms with E-state index in [1.54, 1.807) is 25.7 Å². The highest BCUT2D eigenvalue weighted by molar-refractivity contribution is 6.07. The molecule has 1 N–H and O–H groups in total. The minimum atomic E-state index is -2.98. The minimum Gasteiger partial charge on any atom is -0.472 e. The molecule has 0 unspecified atom stereocenters. The van der Waals surface area contributed by atoms with Crippen molar-refractivity contribution in [2.45, 2.75) is 108 Å². The van der Waals surface area contributed by atoms with Gasteiger partial charge in [-0.15, -0.1) is 0 Å². The molecule has 0 bridgehead atoms. The van der Waals surface area contributed by atoms with Crippen LogP contribution in [0, 0.1) is 11.8 Å². The van der Waals surface area contributed by atoms with Gasteiger partial charge < -0.3 is 19.7 Å². The van der Waals surface area contributed by atoms with Crippen molar-refractivity contribution in [3.63, 3.8) is 0 Å². The first-order valence-electron chi connectivity index (χ1n) is 16.4. The predicted molar refractivity (Wildman–Crippen MR) is 170 cm³/mol. The Hall–Kier alpha value is -3.82. The first-order valence-corrected chi connectivity index (χ1v) is 16.4. The highest BCUT2D eigenvalue weighted by atomic mass is 19.3. The molecule has 2 amide bonds. The summed E-state index contributed by atoms with van der Waals surface area (Å²) in [7, 11) is 0. The molecule has 2 saturated heterocycles. The van der Waals surface area contributed by atoms with Crippen LogP contribution in [0.2, 0.25) is 0 Å². The molecule has 2 aromatic carbocycles. The van der Waals surface area contributed by atoms with Gasteiger partial charge in [-0.1, -0.05) is 56.2 Å². The fourth-order valence-corrected chi connectivity index (χ4v) is 7.08. The lowest BCUT2D eigenvalue weighted by Crippen LogP contribution is -2.55. The average molecular weight is 636 g/mol. The maximum absolute atomic E-state index is 15.1. The molecule has 6 rings (SSSR count). The Balaban J connectivity index is 1.31. The van der Waals surface area contributed by atoms with Crippen LogP contribution < -0.4 is 10.1 Å². The van der Waals surface area contributed by atoms with Crippen molar-refractivity contribution in [1.82, 2.24) is 15.2 Å². The smallest absolute Gasteiger partial charge is 0.332 e. The summed E-state index contributed by atoms with van der Waals surface area (Å²) in [6.07, 6.45) is 0.918. The summed E-state index contributed by atoms with van der Waals surface area (Å²) in [5.41, 5.74) is -1.67. The molecule has 3 aliphatic rings. The number of pyridine rings is 1. The molecule has 0 spiro atoms. The Kier molecular flexibility index (Phi) is 8.44. The van der Waals surface area contributed by atoms with Crippen LogP contribution in [0.15, 0.2) is 48.5 Å². The summed E-state index contributed by atoms with van der Waals surface area (Å²) >= 11 is 0. The molecule has 46 heavy (non-hydrogen) atoms. The van der Waals surface area contributed by atoms with Gasteiger partial charge >= 0.3 is 5.97 Å². The fourth-order valence-electron chi connectivity index (χ4n) is 7.08. The molecule has 1 saturated carbocycles. The van der Waals surface area contributed by atoms with E-state index < -0.39 is 59.3 Å². The maximum Gasteiger partial charge on any atom is 0.332 e. The zero-order valence-corrected chi connectivity index (χ0v) is 27.0. The second-order valence-corrected chi connectivity index (χ2v) is 14.4. The van der Waals surface area contributed by atoms with E-state index in [0.717, 1.165) is 21.7 Å². The summed E-state index contributed by atoms with van der Waals surface area (Å²) in [6.45, 7) is 7.08. The molecule has 8 nitrogen and oxygen atoms in total. The standard InChI is InChI=1S/C36H43F2N3O5/c1-22-12-6-5-11-17-35(37,38)19-23-20-36(23,33(44)46-34(2,3)4)40-30(42)29-18-24(21-41(29)32(22)43)45-31-27-15-8-7-13-25(27)26-14-9-10-16-28(26)39-31/h7-10,13-16,22-24,29H,5-6,11-12,17-21H2,1-4H3,(H,40,42)/t22-,23+,24+,29-,36+/m0/s1. The predicted octanol–water partition coefficient (Wildman–Crippen LogP) is 6.58. The third kappa shape index (κ3) is 6.53. The maximum atomic E-state index is 15.1. The molecular weight excluding hydrogens is 592 g/mol. The highest BCUT2D eigenvalue weighted by Crippen LogP contribution is 2.52. The number of hydrogen-bond acceptors (Lipinski definition) is 6. The molecule has 0 radical (unpaired) electrons.